The van der Waals surface area contributed by atoms with E-state index >= 15 is 0 Å². The molecule has 8 nitrogen and oxygen atoms in total. The van der Waals surface area contributed by atoms with E-state index in [0.29, 0.717) is 6.54 Å². The van der Waals surface area contributed by atoms with Gasteiger partial charge in [0, 0.05) is 38.5 Å². The van der Waals surface area contributed by atoms with Crippen LogP contribution >= 0.6 is 0 Å². The fourth-order valence-corrected chi connectivity index (χ4v) is 6.96. The van der Waals surface area contributed by atoms with Crippen molar-refractivity contribution < 1.29 is 8.42 Å². The maximum Gasteiger partial charge on any atom is 0.243 e. The van der Waals surface area contributed by atoms with E-state index < -0.39 is 10.0 Å². The highest BCUT2D eigenvalue weighted by Gasteiger charge is 2.20. The largest absolute Gasteiger partial charge is 0.324 e. The molecule has 46 heavy (non-hydrogen) atoms. The predicted molar refractivity (Wildman–Crippen MR) is 185 cm³/mol. The second-order valence-electron chi connectivity index (χ2n) is 11.9. The van der Waals surface area contributed by atoms with Crippen molar-refractivity contribution in [1.29, 1.82) is 0 Å². The molecule has 5 aromatic rings. The molecule has 0 N–H and O–H groups in total. The van der Waals surface area contributed by atoms with E-state index in [-0.39, 0.29) is 11.4 Å². The van der Waals surface area contributed by atoms with E-state index in [1.54, 1.807) is 31.6 Å². The number of aromatic nitrogens is 4. The lowest BCUT2D eigenvalue weighted by Gasteiger charge is -2.16. The fraction of sp³-hybridized carbons (Fsp3) is 0.270. The second kappa shape index (κ2) is 13.9. The van der Waals surface area contributed by atoms with E-state index in [0.717, 1.165) is 64.6 Å². The molecular formula is C37H40N6O2S. The number of nitrogens with zero attached hydrogens (tertiary/aromatic N) is 6. The summed E-state index contributed by atoms with van der Waals surface area (Å²) in [6.45, 7) is 8.03. The van der Waals surface area contributed by atoms with E-state index in [4.69, 9.17) is 4.98 Å². The summed E-state index contributed by atoms with van der Waals surface area (Å²) in [5.74, 6) is 0.885. The van der Waals surface area contributed by atoms with Gasteiger partial charge in [-0.05, 0) is 87.3 Å². The molecular weight excluding hydrogens is 593 g/mol. The van der Waals surface area contributed by atoms with Crippen molar-refractivity contribution in [3.05, 3.63) is 131 Å². The summed E-state index contributed by atoms with van der Waals surface area (Å²) in [6, 6.07) is 23.6. The molecule has 0 radical (unpaired) electrons. The number of hydrogen-bond acceptors (Lipinski definition) is 6. The first kappa shape index (κ1) is 31.5. The molecule has 1 saturated heterocycles. The van der Waals surface area contributed by atoms with Gasteiger partial charge in [0.15, 0.2) is 0 Å². The third-order valence-electron chi connectivity index (χ3n) is 8.53. The molecule has 0 bridgehead atoms. The molecule has 6 rings (SSSR count). The van der Waals surface area contributed by atoms with Gasteiger partial charge in [0.05, 0.1) is 28.0 Å². The minimum atomic E-state index is -3.67. The molecule has 2 aromatic carbocycles. The smallest absolute Gasteiger partial charge is 0.243 e. The number of hydrogen-bond donors (Lipinski definition) is 0. The van der Waals surface area contributed by atoms with Crippen LogP contribution in [0.3, 0.4) is 0 Å². The van der Waals surface area contributed by atoms with Gasteiger partial charge in [-0.3, -0.25) is 9.88 Å². The van der Waals surface area contributed by atoms with Crippen LogP contribution in [0.2, 0.25) is 0 Å². The Balaban J connectivity index is 1.13. The lowest BCUT2D eigenvalue weighted by atomic mass is 10.00. The molecule has 0 amide bonds. The fourth-order valence-electron chi connectivity index (χ4n) is 5.83. The van der Waals surface area contributed by atoms with Crippen molar-refractivity contribution in [2.45, 2.75) is 38.1 Å². The zero-order chi connectivity index (χ0) is 32.1. The minimum Gasteiger partial charge on any atom is -0.324 e. The van der Waals surface area contributed by atoms with E-state index in [1.165, 1.54) is 22.7 Å². The summed E-state index contributed by atoms with van der Waals surface area (Å²) >= 11 is 0. The van der Waals surface area contributed by atoms with Crippen molar-refractivity contribution in [2.75, 3.05) is 33.2 Å². The summed E-state index contributed by atoms with van der Waals surface area (Å²) in [4.78, 5) is 16.4. The summed E-state index contributed by atoms with van der Waals surface area (Å²) in [5.41, 5.74) is 7.99. The zero-order valence-corrected chi connectivity index (χ0v) is 27.5. The maximum atomic E-state index is 13.4. The van der Waals surface area contributed by atoms with Gasteiger partial charge in [0.1, 0.15) is 11.3 Å². The van der Waals surface area contributed by atoms with E-state index in [1.807, 2.05) is 55.5 Å². The molecule has 0 atom stereocenters. The molecule has 1 aliphatic rings. The van der Waals surface area contributed by atoms with Crippen molar-refractivity contribution in [3.8, 4) is 0 Å². The Bertz CT molecular complexity index is 1970. The third-order valence-corrected chi connectivity index (χ3v) is 10.4. The molecule has 0 aliphatic carbocycles. The third kappa shape index (κ3) is 7.17. The molecule has 0 unspecified atom stereocenters. The highest BCUT2D eigenvalue weighted by Crippen LogP contribution is 2.24. The molecule has 236 valence electrons. The summed E-state index contributed by atoms with van der Waals surface area (Å²) in [5, 5.41) is 0. The topological polar surface area (TPSA) is 84.2 Å². The Morgan fingerprint density at radius 2 is 1.70 bits per heavy atom. The van der Waals surface area contributed by atoms with Crippen LogP contribution in [0.25, 0.3) is 22.7 Å². The van der Waals surface area contributed by atoms with Gasteiger partial charge in [0.25, 0.3) is 0 Å². The average Bonchev–Trinajstić information content (AvgIpc) is 3.70. The number of sulfonamides is 1. The molecule has 4 heterocycles. The van der Waals surface area contributed by atoms with Gasteiger partial charge < -0.3 is 4.57 Å². The molecule has 1 aliphatic heterocycles. The van der Waals surface area contributed by atoms with Crippen molar-refractivity contribution in [1.82, 2.24) is 28.7 Å². The maximum absolute atomic E-state index is 13.4. The molecule has 9 heteroatoms. The quantitative estimate of drug-likeness (QED) is 0.169. The van der Waals surface area contributed by atoms with Gasteiger partial charge in [-0.15, -0.1) is 0 Å². The standard InChI is InChI=1S/C37H40N6O2S/c1-28-11-15-31(16-12-28)34(20-25-42-23-4-5-24-42)35-10-6-8-32(40-35)9-7-22-41(3)46(44,45)33-17-13-30(14-18-33)27-43-29(2)39-36-26-38-21-19-37(36)43/h6-21,26H,4-5,22-25,27H2,1-3H3/b9-7+,34-20+. The van der Waals surface area contributed by atoms with Crippen LogP contribution in [-0.2, 0) is 16.6 Å². The lowest BCUT2D eigenvalue weighted by Crippen LogP contribution is -2.27. The summed E-state index contributed by atoms with van der Waals surface area (Å²) < 4.78 is 30.2. The molecule has 1 fully saturated rings. The van der Waals surface area contributed by atoms with Gasteiger partial charge >= 0.3 is 0 Å². The molecule has 0 spiro atoms. The lowest BCUT2D eigenvalue weighted by molar-refractivity contribution is 0.377. The number of rotatable bonds is 11. The number of benzene rings is 2. The highest BCUT2D eigenvalue weighted by atomic mass is 32.2. The summed E-state index contributed by atoms with van der Waals surface area (Å²) in [6.07, 6.45) is 12.0. The van der Waals surface area contributed by atoms with E-state index in [9.17, 15) is 8.42 Å². The zero-order valence-electron chi connectivity index (χ0n) is 26.7. The van der Waals surface area contributed by atoms with Gasteiger partial charge in [-0.2, -0.15) is 4.31 Å². The Morgan fingerprint density at radius 3 is 2.46 bits per heavy atom. The van der Waals surface area contributed by atoms with Crippen LogP contribution < -0.4 is 0 Å². The SMILES string of the molecule is Cc1ccc(/C(=C\CN2CCCC2)c2cccc(/C=C/CN(C)S(=O)(=O)c3ccc(Cn4c(C)nc5cnccc54)cc3)n2)cc1. The number of aryl methyl sites for hydroxylation is 2. The van der Waals surface area contributed by atoms with Crippen LogP contribution in [-0.4, -0.2) is 70.4 Å². The second-order valence-corrected chi connectivity index (χ2v) is 13.9. The number of likely N-dealkylation sites (tertiary alicyclic amines) is 1. The van der Waals surface area contributed by atoms with Crippen molar-refractivity contribution in [2.24, 2.45) is 0 Å². The van der Waals surface area contributed by atoms with Crippen LogP contribution in [0.1, 0.15) is 46.7 Å². The first-order chi connectivity index (χ1) is 22.3. The summed E-state index contributed by atoms with van der Waals surface area (Å²) in [7, 11) is -2.07. The molecule has 3 aromatic heterocycles. The van der Waals surface area contributed by atoms with Crippen LogP contribution in [0.15, 0.2) is 102 Å². The van der Waals surface area contributed by atoms with Crippen LogP contribution in [0.5, 0.6) is 0 Å². The normalized spacial score (nSPS) is 14.7. The first-order valence-corrected chi connectivity index (χ1v) is 17.2. The Hall–Kier alpha value is -4.44. The van der Waals surface area contributed by atoms with Crippen molar-refractivity contribution >= 4 is 32.7 Å². The minimum absolute atomic E-state index is 0.222. The number of likely N-dealkylation sites (N-methyl/N-ethyl adjacent to an activating group) is 1. The Kier molecular flexibility index (Phi) is 9.53. The van der Waals surface area contributed by atoms with E-state index in [2.05, 4.69) is 56.7 Å². The molecule has 0 saturated carbocycles. The van der Waals surface area contributed by atoms with Crippen LogP contribution in [0.4, 0.5) is 0 Å². The number of fused-ring (bicyclic) bond motifs is 1. The average molecular weight is 633 g/mol. The van der Waals surface area contributed by atoms with Crippen LogP contribution in [0, 0.1) is 13.8 Å². The highest BCUT2D eigenvalue weighted by molar-refractivity contribution is 7.89. The predicted octanol–water partition coefficient (Wildman–Crippen LogP) is 6.35. The van der Waals surface area contributed by atoms with Gasteiger partial charge in [-0.1, -0.05) is 60.2 Å². The number of pyridine rings is 2. The monoisotopic (exact) mass is 632 g/mol. The Morgan fingerprint density at radius 1 is 0.935 bits per heavy atom. The number of imidazole rings is 1. The van der Waals surface area contributed by atoms with Gasteiger partial charge in [0.2, 0.25) is 10.0 Å². The Labute approximate surface area is 271 Å². The van der Waals surface area contributed by atoms with Crippen molar-refractivity contribution in [3.63, 3.8) is 0 Å². The first-order valence-electron chi connectivity index (χ1n) is 15.7. The van der Waals surface area contributed by atoms with Gasteiger partial charge in [-0.25, -0.2) is 18.4 Å².